The van der Waals surface area contributed by atoms with Crippen LogP contribution in [-0.4, -0.2) is 37.1 Å². The van der Waals surface area contributed by atoms with E-state index in [2.05, 4.69) is 0 Å². The van der Waals surface area contributed by atoms with Crippen LogP contribution in [-0.2, 0) is 16.1 Å². The molecule has 98 valence electrons. The zero-order valence-electron chi connectivity index (χ0n) is 10.1. The summed E-state index contributed by atoms with van der Waals surface area (Å²) >= 11 is 1.64. The van der Waals surface area contributed by atoms with E-state index in [0.717, 1.165) is 0 Å². The molecule has 0 radical (unpaired) electrons. The molecule has 4 nitrogen and oxygen atoms in total. The Morgan fingerprint density at radius 2 is 2.35 bits per heavy atom. The van der Waals surface area contributed by atoms with Gasteiger partial charge in [0.2, 0.25) is 0 Å². The Hall–Kier alpha value is -0.620. The highest BCUT2D eigenvalue weighted by Gasteiger charge is 2.21. The summed E-state index contributed by atoms with van der Waals surface area (Å²) in [5.41, 5.74) is 5.48. The molecule has 0 aromatic carbocycles. The van der Waals surface area contributed by atoms with Crippen molar-refractivity contribution in [1.29, 1.82) is 0 Å². The minimum absolute atomic E-state index is 0. The number of hydrogen-bond donors (Lipinski definition) is 1. The third-order valence-corrected chi connectivity index (χ3v) is 3.26. The number of hydrogen-bond acceptors (Lipinski definition) is 4. The van der Waals surface area contributed by atoms with Gasteiger partial charge in [-0.05, 0) is 18.4 Å². The standard InChI is InChI=1S/C11H18N2O2S.ClH/c1-3-13(8-9-5-4-6-16-9)11(14)10(7-12)15-2;/h4-6,10H,3,7-8,12H2,1-2H3;1H. The number of carbonyl (C=O) groups excluding carboxylic acids is 1. The van der Waals surface area contributed by atoms with Gasteiger partial charge in [-0.3, -0.25) is 4.79 Å². The lowest BCUT2D eigenvalue weighted by Crippen LogP contribution is -2.43. The summed E-state index contributed by atoms with van der Waals surface area (Å²) in [6, 6.07) is 4.00. The normalized spacial score (nSPS) is 11.7. The maximum atomic E-state index is 12.0. The maximum Gasteiger partial charge on any atom is 0.253 e. The van der Waals surface area contributed by atoms with Crippen LogP contribution in [0.2, 0.25) is 0 Å². The summed E-state index contributed by atoms with van der Waals surface area (Å²) in [7, 11) is 1.51. The van der Waals surface area contributed by atoms with Crippen LogP contribution in [0, 0.1) is 0 Å². The molecule has 17 heavy (non-hydrogen) atoms. The summed E-state index contributed by atoms with van der Waals surface area (Å²) in [5, 5.41) is 2.00. The van der Waals surface area contributed by atoms with E-state index in [0.29, 0.717) is 13.1 Å². The summed E-state index contributed by atoms with van der Waals surface area (Å²) in [6.07, 6.45) is -0.528. The quantitative estimate of drug-likeness (QED) is 0.858. The summed E-state index contributed by atoms with van der Waals surface area (Å²) < 4.78 is 5.05. The fraction of sp³-hybridized carbons (Fsp3) is 0.545. The second-order valence-corrected chi connectivity index (χ2v) is 4.42. The summed E-state index contributed by atoms with van der Waals surface area (Å²) in [6.45, 7) is 3.47. The van der Waals surface area contributed by atoms with Gasteiger partial charge in [-0.15, -0.1) is 23.7 Å². The first-order valence-corrected chi connectivity index (χ1v) is 6.14. The van der Waals surface area contributed by atoms with E-state index in [-0.39, 0.29) is 24.9 Å². The Kier molecular flexibility index (Phi) is 8.16. The van der Waals surface area contributed by atoms with Gasteiger partial charge >= 0.3 is 0 Å². The maximum absolute atomic E-state index is 12.0. The summed E-state index contributed by atoms with van der Waals surface area (Å²) in [4.78, 5) is 14.9. The largest absolute Gasteiger partial charge is 0.370 e. The van der Waals surface area contributed by atoms with Crippen molar-refractivity contribution >= 4 is 29.7 Å². The van der Waals surface area contributed by atoms with Crippen LogP contribution in [0.5, 0.6) is 0 Å². The molecular formula is C11H19ClN2O2S. The molecule has 0 aliphatic carbocycles. The molecule has 0 saturated carbocycles. The van der Waals surface area contributed by atoms with Crippen molar-refractivity contribution in [2.24, 2.45) is 5.73 Å². The third-order valence-electron chi connectivity index (χ3n) is 2.39. The lowest BCUT2D eigenvalue weighted by molar-refractivity contribution is -0.141. The predicted octanol–water partition coefficient (Wildman–Crippen LogP) is 1.49. The lowest BCUT2D eigenvalue weighted by atomic mass is 10.3. The number of nitrogens with zero attached hydrogens (tertiary/aromatic N) is 1. The first-order chi connectivity index (χ1) is 7.72. The number of likely N-dealkylation sites (N-methyl/N-ethyl adjacent to an activating group) is 1. The van der Waals surface area contributed by atoms with Crippen LogP contribution >= 0.6 is 23.7 Å². The third kappa shape index (κ3) is 4.63. The number of thiophene rings is 1. The molecule has 0 aliphatic rings. The molecule has 1 rings (SSSR count). The average molecular weight is 279 g/mol. The van der Waals surface area contributed by atoms with Gasteiger partial charge in [0, 0.05) is 25.1 Å². The first-order valence-electron chi connectivity index (χ1n) is 5.27. The molecule has 1 atom stereocenters. The molecule has 1 unspecified atom stereocenters. The molecule has 0 saturated heterocycles. The molecule has 0 spiro atoms. The topological polar surface area (TPSA) is 55.6 Å². The molecule has 1 heterocycles. The van der Waals surface area contributed by atoms with Gasteiger partial charge in [0.25, 0.3) is 5.91 Å². The molecule has 2 N–H and O–H groups in total. The van der Waals surface area contributed by atoms with E-state index in [1.165, 1.54) is 12.0 Å². The lowest BCUT2D eigenvalue weighted by Gasteiger charge is -2.24. The van der Waals surface area contributed by atoms with Crippen molar-refractivity contribution in [2.45, 2.75) is 19.6 Å². The van der Waals surface area contributed by atoms with Crippen LogP contribution in [0.1, 0.15) is 11.8 Å². The second-order valence-electron chi connectivity index (χ2n) is 3.39. The van der Waals surface area contributed by atoms with Crippen molar-refractivity contribution in [3.63, 3.8) is 0 Å². The Balaban J connectivity index is 0.00000256. The SMILES string of the molecule is CCN(Cc1cccs1)C(=O)C(CN)OC.Cl. The highest BCUT2D eigenvalue weighted by molar-refractivity contribution is 7.09. The number of rotatable bonds is 6. The van der Waals surface area contributed by atoms with E-state index in [1.54, 1.807) is 16.2 Å². The smallest absolute Gasteiger partial charge is 0.253 e. The Morgan fingerprint density at radius 3 is 2.76 bits per heavy atom. The Labute approximate surface area is 112 Å². The second kappa shape index (κ2) is 8.47. The van der Waals surface area contributed by atoms with E-state index in [1.807, 2.05) is 24.4 Å². The van der Waals surface area contributed by atoms with Crippen LogP contribution in [0.25, 0.3) is 0 Å². The minimum atomic E-state index is -0.528. The Morgan fingerprint density at radius 1 is 1.65 bits per heavy atom. The molecule has 0 aliphatic heterocycles. The van der Waals surface area contributed by atoms with Crippen LogP contribution < -0.4 is 5.73 Å². The van der Waals surface area contributed by atoms with E-state index in [4.69, 9.17) is 10.5 Å². The van der Waals surface area contributed by atoms with Gasteiger partial charge in [-0.2, -0.15) is 0 Å². The molecule has 1 aromatic rings. The van der Waals surface area contributed by atoms with Gasteiger partial charge in [0.05, 0.1) is 6.54 Å². The van der Waals surface area contributed by atoms with Crippen molar-refractivity contribution in [3.8, 4) is 0 Å². The number of methoxy groups -OCH3 is 1. The number of amides is 1. The number of ether oxygens (including phenoxy) is 1. The van der Waals surface area contributed by atoms with Crippen molar-refractivity contribution in [3.05, 3.63) is 22.4 Å². The average Bonchev–Trinajstić information content (AvgIpc) is 2.80. The van der Waals surface area contributed by atoms with Gasteiger partial charge in [-0.1, -0.05) is 6.07 Å². The highest BCUT2D eigenvalue weighted by atomic mass is 35.5. The molecule has 0 fully saturated rings. The molecule has 6 heteroatoms. The molecule has 0 bridgehead atoms. The fourth-order valence-electron chi connectivity index (χ4n) is 1.44. The van der Waals surface area contributed by atoms with Gasteiger partial charge in [0.15, 0.2) is 0 Å². The Bertz CT molecular complexity index is 315. The van der Waals surface area contributed by atoms with Crippen LogP contribution in [0.15, 0.2) is 17.5 Å². The van der Waals surface area contributed by atoms with Crippen molar-refractivity contribution < 1.29 is 9.53 Å². The zero-order chi connectivity index (χ0) is 12.0. The van der Waals surface area contributed by atoms with E-state index < -0.39 is 6.10 Å². The van der Waals surface area contributed by atoms with Gasteiger partial charge < -0.3 is 15.4 Å². The minimum Gasteiger partial charge on any atom is -0.370 e. The summed E-state index contributed by atoms with van der Waals surface area (Å²) in [5.74, 6) is -0.0408. The van der Waals surface area contributed by atoms with Crippen molar-refractivity contribution in [2.75, 3.05) is 20.2 Å². The molecular weight excluding hydrogens is 260 g/mol. The van der Waals surface area contributed by atoms with Crippen molar-refractivity contribution in [1.82, 2.24) is 4.90 Å². The zero-order valence-corrected chi connectivity index (χ0v) is 11.7. The van der Waals surface area contributed by atoms with Crippen LogP contribution in [0.3, 0.4) is 0 Å². The predicted molar refractivity (Wildman–Crippen MR) is 72.5 cm³/mol. The molecule has 1 aromatic heterocycles. The first kappa shape index (κ1) is 16.4. The van der Waals surface area contributed by atoms with Crippen LogP contribution in [0.4, 0.5) is 0 Å². The van der Waals surface area contributed by atoms with E-state index >= 15 is 0 Å². The number of nitrogens with two attached hydrogens (primary N) is 1. The molecule has 1 amide bonds. The number of carbonyl (C=O) groups is 1. The van der Waals surface area contributed by atoms with Gasteiger partial charge in [0.1, 0.15) is 6.10 Å². The monoisotopic (exact) mass is 278 g/mol. The number of halogens is 1. The van der Waals surface area contributed by atoms with Gasteiger partial charge in [-0.25, -0.2) is 0 Å². The fourth-order valence-corrected chi connectivity index (χ4v) is 2.16. The highest BCUT2D eigenvalue weighted by Crippen LogP contribution is 2.12. The van der Waals surface area contributed by atoms with E-state index in [9.17, 15) is 4.79 Å².